The van der Waals surface area contributed by atoms with Crippen molar-refractivity contribution in [2.45, 2.75) is 32.7 Å². The topological polar surface area (TPSA) is 68.8 Å². The first-order chi connectivity index (χ1) is 15.1. The van der Waals surface area contributed by atoms with Gasteiger partial charge in [-0.05, 0) is 56.5 Å². The third-order valence-electron chi connectivity index (χ3n) is 5.32. The lowest BCUT2D eigenvalue weighted by Crippen LogP contribution is -2.39. The average Bonchev–Trinajstić information content (AvgIpc) is 3.32. The number of guanidine groups is 1. The van der Waals surface area contributed by atoms with E-state index in [0.29, 0.717) is 19.0 Å². The quantitative estimate of drug-likeness (QED) is 0.200. The molecule has 2 aromatic rings. The molecule has 8 heteroatoms. The van der Waals surface area contributed by atoms with Crippen molar-refractivity contribution in [1.29, 1.82) is 0 Å². The van der Waals surface area contributed by atoms with Crippen LogP contribution in [0.3, 0.4) is 0 Å². The van der Waals surface area contributed by atoms with Gasteiger partial charge in [-0.3, -0.25) is 9.79 Å². The Morgan fingerprint density at radius 3 is 2.59 bits per heavy atom. The van der Waals surface area contributed by atoms with Crippen molar-refractivity contribution >= 4 is 41.5 Å². The molecule has 6 nitrogen and oxygen atoms in total. The summed E-state index contributed by atoms with van der Waals surface area (Å²) < 4.78 is 13.7. The number of halogens is 2. The number of anilines is 1. The van der Waals surface area contributed by atoms with Gasteiger partial charge in [-0.25, -0.2) is 4.39 Å². The summed E-state index contributed by atoms with van der Waals surface area (Å²) in [5, 5.41) is 9.38. The highest BCUT2D eigenvalue weighted by Crippen LogP contribution is 2.23. The maximum Gasteiger partial charge on any atom is 0.254 e. The van der Waals surface area contributed by atoms with E-state index in [-0.39, 0.29) is 35.6 Å². The van der Waals surface area contributed by atoms with Crippen molar-refractivity contribution in [1.82, 2.24) is 16.0 Å². The molecule has 0 spiro atoms. The summed E-state index contributed by atoms with van der Waals surface area (Å²) in [6.07, 6.45) is 2.51. The molecule has 1 aliphatic rings. The van der Waals surface area contributed by atoms with E-state index in [0.717, 1.165) is 19.6 Å². The first-order valence-electron chi connectivity index (χ1n) is 11.0. The fourth-order valence-electron chi connectivity index (χ4n) is 3.65. The van der Waals surface area contributed by atoms with E-state index in [1.807, 2.05) is 6.92 Å². The van der Waals surface area contributed by atoms with Crippen LogP contribution in [-0.4, -0.2) is 44.6 Å². The standard InChI is InChI=1S/C24H32FN5O.HI/c1-3-26-24(28-14-13-27-23(31)21-11-4-5-12-22(21)25)29-18(2)19-9-8-10-20(17-19)30-15-6-7-16-30;/h4-5,8-12,17-18H,3,6-7,13-16H2,1-2H3,(H,27,31)(H2,26,28,29);1H. The van der Waals surface area contributed by atoms with Crippen LogP contribution in [0.4, 0.5) is 10.1 Å². The molecule has 0 bridgehead atoms. The third kappa shape index (κ3) is 7.36. The highest BCUT2D eigenvalue weighted by molar-refractivity contribution is 14.0. The smallest absolute Gasteiger partial charge is 0.254 e. The number of carbonyl (C=O) groups is 1. The number of carbonyl (C=O) groups excluding carboxylic acids is 1. The summed E-state index contributed by atoms with van der Waals surface area (Å²) in [5.41, 5.74) is 2.51. The Morgan fingerprint density at radius 2 is 1.88 bits per heavy atom. The molecule has 0 aromatic heterocycles. The summed E-state index contributed by atoms with van der Waals surface area (Å²) in [4.78, 5) is 19.1. The number of hydrogen-bond acceptors (Lipinski definition) is 3. The van der Waals surface area contributed by atoms with Gasteiger partial charge in [0.05, 0.1) is 18.2 Å². The molecule has 3 N–H and O–H groups in total. The van der Waals surface area contributed by atoms with Crippen molar-refractivity contribution in [3.63, 3.8) is 0 Å². The molecule has 0 radical (unpaired) electrons. The molecule has 1 unspecified atom stereocenters. The molecule has 0 aliphatic carbocycles. The fourth-order valence-corrected chi connectivity index (χ4v) is 3.65. The van der Waals surface area contributed by atoms with Crippen LogP contribution >= 0.6 is 24.0 Å². The lowest BCUT2D eigenvalue weighted by atomic mass is 10.1. The van der Waals surface area contributed by atoms with Crippen molar-refractivity contribution in [2.24, 2.45) is 4.99 Å². The van der Waals surface area contributed by atoms with Gasteiger partial charge >= 0.3 is 0 Å². The van der Waals surface area contributed by atoms with E-state index in [1.54, 1.807) is 12.1 Å². The number of nitrogens with zero attached hydrogens (tertiary/aromatic N) is 2. The summed E-state index contributed by atoms with van der Waals surface area (Å²) in [6.45, 7) is 7.79. The first kappa shape index (κ1) is 25.9. The highest BCUT2D eigenvalue weighted by atomic mass is 127. The number of nitrogens with one attached hydrogen (secondary N) is 3. The predicted molar refractivity (Wildman–Crippen MR) is 140 cm³/mol. The number of benzene rings is 2. The highest BCUT2D eigenvalue weighted by Gasteiger charge is 2.15. The van der Waals surface area contributed by atoms with Crippen LogP contribution in [-0.2, 0) is 0 Å². The van der Waals surface area contributed by atoms with Crippen LogP contribution < -0.4 is 20.9 Å². The first-order valence-corrected chi connectivity index (χ1v) is 11.0. The molecule has 0 saturated carbocycles. The van der Waals surface area contributed by atoms with E-state index in [9.17, 15) is 9.18 Å². The molecule has 1 amide bonds. The van der Waals surface area contributed by atoms with Crippen LogP contribution in [0.25, 0.3) is 0 Å². The molecule has 1 fully saturated rings. The van der Waals surface area contributed by atoms with Crippen molar-refractivity contribution in [3.05, 3.63) is 65.5 Å². The Balaban J connectivity index is 0.00000363. The maximum atomic E-state index is 13.7. The molecule has 1 atom stereocenters. The predicted octanol–water partition coefficient (Wildman–Crippen LogP) is 4.09. The number of aliphatic imine (C=N–C) groups is 1. The van der Waals surface area contributed by atoms with E-state index < -0.39 is 11.7 Å². The molecule has 1 aliphatic heterocycles. The summed E-state index contributed by atoms with van der Waals surface area (Å²) in [6, 6.07) is 14.7. The summed E-state index contributed by atoms with van der Waals surface area (Å²) >= 11 is 0. The second-order valence-corrected chi connectivity index (χ2v) is 7.65. The van der Waals surface area contributed by atoms with Gasteiger partial charge < -0.3 is 20.9 Å². The van der Waals surface area contributed by atoms with Gasteiger partial charge in [0.1, 0.15) is 5.82 Å². The second-order valence-electron chi connectivity index (χ2n) is 7.65. The van der Waals surface area contributed by atoms with Gasteiger partial charge in [0.2, 0.25) is 0 Å². The molecular formula is C24H33FIN5O. The van der Waals surface area contributed by atoms with E-state index >= 15 is 0 Å². The SMILES string of the molecule is CCNC(=NCCNC(=O)c1ccccc1F)NC(C)c1cccc(N2CCCC2)c1.I. The Kier molecular flexibility index (Phi) is 10.7. The third-order valence-corrected chi connectivity index (χ3v) is 5.32. The summed E-state index contributed by atoms with van der Waals surface area (Å²) in [5.74, 6) is -0.274. The minimum atomic E-state index is -0.525. The molecule has 1 heterocycles. The van der Waals surface area contributed by atoms with Crippen LogP contribution in [0.2, 0.25) is 0 Å². The van der Waals surface area contributed by atoms with Gasteiger partial charge in [-0.1, -0.05) is 24.3 Å². The molecule has 2 aromatic carbocycles. The van der Waals surface area contributed by atoms with Crippen LogP contribution in [0.1, 0.15) is 48.7 Å². The monoisotopic (exact) mass is 553 g/mol. The largest absolute Gasteiger partial charge is 0.372 e. The van der Waals surface area contributed by atoms with Crippen molar-refractivity contribution in [2.75, 3.05) is 37.6 Å². The second kappa shape index (κ2) is 13.2. The number of hydrogen-bond donors (Lipinski definition) is 3. The molecule has 174 valence electrons. The van der Waals surface area contributed by atoms with Gasteiger partial charge in [0, 0.05) is 31.9 Å². The fraction of sp³-hybridized carbons (Fsp3) is 0.417. The zero-order chi connectivity index (χ0) is 22.1. The Labute approximate surface area is 207 Å². The van der Waals surface area contributed by atoms with Crippen LogP contribution in [0, 0.1) is 5.82 Å². The zero-order valence-electron chi connectivity index (χ0n) is 18.7. The zero-order valence-corrected chi connectivity index (χ0v) is 21.1. The van der Waals surface area contributed by atoms with Gasteiger partial charge in [0.25, 0.3) is 5.91 Å². The molecule has 32 heavy (non-hydrogen) atoms. The van der Waals surface area contributed by atoms with E-state index in [2.05, 4.69) is 57.0 Å². The summed E-state index contributed by atoms with van der Waals surface area (Å²) in [7, 11) is 0. The number of amides is 1. The van der Waals surface area contributed by atoms with Crippen LogP contribution in [0.5, 0.6) is 0 Å². The van der Waals surface area contributed by atoms with Gasteiger partial charge in [-0.15, -0.1) is 24.0 Å². The van der Waals surface area contributed by atoms with Crippen LogP contribution in [0.15, 0.2) is 53.5 Å². The Bertz CT molecular complexity index is 901. The normalized spacial score (nSPS) is 14.5. The molecule has 3 rings (SSSR count). The Hall–Kier alpha value is -2.36. The van der Waals surface area contributed by atoms with E-state index in [1.165, 1.54) is 36.2 Å². The molecule has 1 saturated heterocycles. The van der Waals surface area contributed by atoms with Gasteiger partial charge in [-0.2, -0.15) is 0 Å². The lowest BCUT2D eigenvalue weighted by Gasteiger charge is -2.22. The maximum absolute atomic E-state index is 13.7. The lowest BCUT2D eigenvalue weighted by molar-refractivity contribution is 0.0951. The van der Waals surface area contributed by atoms with Crippen molar-refractivity contribution in [3.8, 4) is 0 Å². The van der Waals surface area contributed by atoms with E-state index in [4.69, 9.17) is 0 Å². The number of rotatable bonds is 8. The van der Waals surface area contributed by atoms with Gasteiger partial charge in [0.15, 0.2) is 5.96 Å². The Morgan fingerprint density at radius 1 is 1.12 bits per heavy atom. The average molecular weight is 553 g/mol. The minimum absolute atomic E-state index is 0. The minimum Gasteiger partial charge on any atom is -0.372 e. The molecular weight excluding hydrogens is 520 g/mol. The van der Waals surface area contributed by atoms with Crippen molar-refractivity contribution < 1.29 is 9.18 Å².